The van der Waals surface area contributed by atoms with Gasteiger partial charge in [-0.2, -0.15) is 0 Å². The van der Waals surface area contributed by atoms with E-state index < -0.39 is 23.7 Å². The molecule has 0 radical (unpaired) electrons. The molecule has 9 nitrogen and oxygen atoms in total. The van der Waals surface area contributed by atoms with Gasteiger partial charge in [0, 0.05) is 50.3 Å². The van der Waals surface area contributed by atoms with Gasteiger partial charge in [-0.05, 0) is 41.8 Å². The molecule has 0 aliphatic carbocycles. The van der Waals surface area contributed by atoms with Crippen molar-refractivity contribution in [3.05, 3.63) is 100 Å². The van der Waals surface area contributed by atoms with Gasteiger partial charge in [-0.1, -0.05) is 36.4 Å². The van der Waals surface area contributed by atoms with Crippen LogP contribution in [0.3, 0.4) is 0 Å². The summed E-state index contributed by atoms with van der Waals surface area (Å²) in [7, 11) is 0. The Hall–Kier alpha value is -4.75. The molecule has 6 rings (SSSR count). The molecule has 3 heterocycles. The van der Waals surface area contributed by atoms with E-state index in [2.05, 4.69) is 27.2 Å². The predicted octanol–water partition coefficient (Wildman–Crippen LogP) is 4.04. The van der Waals surface area contributed by atoms with Crippen molar-refractivity contribution >= 4 is 29.1 Å². The van der Waals surface area contributed by atoms with Gasteiger partial charge in [-0.3, -0.25) is 24.6 Å². The van der Waals surface area contributed by atoms with Crippen LogP contribution < -0.4 is 15.0 Å². The molecule has 0 bridgehead atoms. The summed E-state index contributed by atoms with van der Waals surface area (Å²) in [5.41, 5.74) is 3.96. The average Bonchev–Trinajstić information content (AvgIpc) is 3.36. The normalized spacial score (nSPS) is 21.0. The van der Waals surface area contributed by atoms with Crippen LogP contribution in [0.2, 0.25) is 0 Å². The fraction of sp³-hybridized carbons (Fsp3) is 0.312. The van der Waals surface area contributed by atoms with Crippen LogP contribution in [0.1, 0.15) is 41.3 Å². The van der Waals surface area contributed by atoms with Crippen LogP contribution in [-0.2, 0) is 29.3 Å². The number of amides is 3. The SMILES string of the molecule is [2H][C@]1(N2Cc3c(OCc4ccc(CN5CCN(c6ccc([N+]#[C-])cc6F)CC5)cc4)cccc3C2=O)CCC(=O)NC1=O. The van der Waals surface area contributed by atoms with Crippen molar-refractivity contribution in [2.45, 2.75) is 38.6 Å². The molecule has 3 aromatic rings. The summed E-state index contributed by atoms with van der Waals surface area (Å²) in [6.07, 6.45) is -0.0452. The highest BCUT2D eigenvalue weighted by Crippen LogP contribution is 2.34. The molecule has 0 saturated carbocycles. The molecule has 1 N–H and O–H groups in total. The zero-order valence-corrected chi connectivity index (χ0v) is 22.9. The highest BCUT2D eigenvalue weighted by atomic mass is 19.1. The number of benzene rings is 3. The molecule has 10 heteroatoms. The van der Waals surface area contributed by atoms with Crippen LogP contribution in [-0.4, -0.2) is 59.7 Å². The minimum Gasteiger partial charge on any atom is -0.489 e. The second-order valence-electron chi connectivity index (χ2n) is 10.6. The van der Waals surface area contributed by atoms with Gasteiger partial charge < -0.3 is 14.5 Å². The van der Waals surface area contributed by atoms with Crippen molar-refractivity contribution in [2.24, 2.45) is 0 Å². The fourth-order valence-corrected chi connectivity index (χ4v) is 5.65. The number of anilines is 1. The highest BCUT2D eigenvalue weighted by molar-refractivity contribution is 6.05. The number of piperazine rings is 1. The third-order valence-electron chi connectivity index (χ3n) is 7.95. The fourth-order valence-electron chi connectivity index (χ4n) is 5.65. The zero-order valence-electron chi connectivity index (χ0n) is 23.9. The first-order valence-electron chi connectivity index (χ1n) is 14.4. The van der Waals surface area contributed by atoms with E-state index in [1.54, 1.807) is 30.3 Å². The molecule has 3 amide bonds. The quantitative estimate of drug-likeness (QED) is 0.342. The molecule has 0 aromatic heterocycles. The van der Waals surface area contributed by atoms with E-state index in [0.29, 0.717) is 41.3 Å². The second-order valence-corrected chi connectivity index (χ2v) is 10.6. The van der Waals surface area contributed by atoms with Crippen molar-refractivity contribution in [2.75, 3.05) is 31.1 Å². The van der Waals surface area contributed by atoms with Crippen molar-refractivity contribution in [3.8, 4) is 5.75 Å². The maximum atomic E-state index is 14.4. The molecule has 1 atom stereocenters. The first-order valence-corrected chi connectivity index (χ1v) is 13.9. The maximum Gasteiger partial charge on any atom is 0.255 e. The molecule has 3 aliphatic rings. The minimum atomic E-state index is -1.84. The van der Waals surface area contributed by atoms with E-state index in [0.717, 1.165) is 30.8 Å². The number of carbonyl (C=O) groups excluding carboxylic acids is 3. The number of nitrogens with one attached hydrogen (secondary N) is 1. The number of carbonyl (C=O) groups is 3. The number of ether oxygens (including phenoxy) is 1. The number of hydrogen-bond donors (Lipinski definition) is 1. The lowest BCUT2D eigenvalue weighted by Gasteiger charge is -2.36. The number of halogens is 1. The summed E-state index contributed by atoms with van der Waals surface area (Å²) in [5, 5.41) is 2.18. The van der Waals surface area contributed by atoms with Gasteiger partial charge in [-0.25, -0.2) is 9.24 Å². The molecule has 3 aliphatic heterocycles. The maximum absolute atomic E-state index is 14.4. The zero-order chi connectivity index (χ0) is 30.1. The van der Waals surface area contributed by atoms with E-state index in [1.165, 1.54) is 11.0 Å². The Kier molecular flexibility index (Phi) is 7.24. The molecular formula is C32H30FN5O4. The van der Waals surface area contributed by atoms with Crippen molar-refractivity contribution in [3.63, 3.8) is 0 Å². The molecule has 2 fully saturated rings. The van der Waals surface area contributed by atoms with Gasteiger partial charge >= 0.3 is 0 Å². The molecular weight excluding hydrogens is 537 g/mol. The Bertz CT molecular complexity index is 1630. The van der Waals surface area contributed by atoms with Crippen molar-refractivity contribution in [1.82, 2.24) is 15.1 Å². The van der Waals surface area contributed by atoms with Gasteiger partial charge in [0.25, 0.3) is 5.91 Å². The third kappa shape index (κ3) is 5.56. The van der Waals surface area contributed by atoms with Gasteiger partial charge in [0.2, 0.25) is 11.8 Å². The number of rotatable bonds is 7. The third-order valence-corrected chi connectivity index (χ3v) is 7.95. The van der Waals surface area contributed by atoms with Crippen molar-refractivity contribution in [1.29, 1.82) is 0 Å². The Morgan fingerprint density at radius 3 is 2.50 bits per heavy atom. The Labute approximate surface area is 244 Å². The van der Waals surface area contributed by atoms with Gasteiger partial charge in [0.15, 0.2) is 5.69 Å². The molecule has 42 heavy (non-hydrogen) atoms. The first kappa shape index (κ1) is 26.2. The van der Waals surface area contributed by atoms with Crippen LogP contribution >= 0.6 is 0 Å². The molecule has 0 unspecified atom stereocenters. The lowest BCUT2D eigenvalue weighted by molar-refractivity contribution is -0.136. The summed E-state index contributed by atoms with van der Waals surface area (Å²) in [6, 6.07) is 16.0. The number of hydrogen-bond acceptors (Lipinski definition) is 6. The van der Waals surface area contributed by atoms with Crippen LogP contribution in [0.25, 0.3) is 4.85 Å². The van der Waals surface area contributed by atoms with Gasteiger partial charge in [0.05, 0.1) is 20.2 Å². The Morgan fingerprint density at radius 1 is 1.02 bits per heavy atom. The summed E-state index contributed by atoms with van der Waals surface area (Å²) in [4.78, 5) is 46.1. The summed E-state index contributed by atoms with van der Waals surface area (Å²) >= 11 is 0. The number of nitrogens with zero attached hydrogens (tertiary/aromatic N) is 4. The molecule has 214 valence electrons. The first-order chi connectivity index (χ1) is 20.7. The Balaban J connectivity index is 1.04. The second kappa shape index (κ2) is 11.6. The van der Waals surface area contributed by atoms with E-state index >= 15 is 0 Å². The number of piperidine rings is 1. The smallest absolute Gasteiger partial charge is 0.255 e. The average molecular weight is 569 g/mol. The molecule has 3 aromatic carbocycles. The molecule has 0 spiro atoms. The van der Waals surface area contributed by atoms with Gasteiger partial charge in [0.1, 0.15) is 24.2 Å². The monoisotopic (exact) mass is 568 g/mol. The van der Waals surface area contributed by atoms with E-state index in [4.69, 9.17) is 12.7 Å². The summed E-state index contributed by atoms with van der Waals surface area (Å²) < 4.78 is 29.2. The summed E-state index contributed by atoms with van der Waals surface area (Å²) in [6.45, 7) is 11.1. The minimum absolute atomic E-state index is 0.00427. The lowest BCUT2D eigenvalue weighted by Crippen LogP contribution is -2.52. The van der Waals surface area contributed by atoms with Crippen LogP contribution in [0.5, 0.6) is 5.75 Å². The highest BCUT2D eigenvalue weighted by Gasteiger charge is 2.40. The van der Waals surface area contributed by atoms with Crippen LogP contribution in [0.15, 0.2) is 60.7 Å². The van der Waals surface area contributed by atoms with Crippen LogP contribution in [0, 0.1) is 12.4 Å². The predicted molar refractivity (Wildman–Crippen MR) is 153 cm³/mol. The van der Waals surface area contributed by atoms with Crippen molar-refractivity contribution < 1.29 is 24.9 Å². The van der Waals surface area contributed by atoms with Gasteiger partial charge in [-0.15, -0.1) is 0 Å². The van der Waals surface area contributed by atoms with E-state index in [9.17, 15) is 18.8 Å². The van der Waals surface area contributed by atoms with E-state index in [-0.39, 0.29) is 31.8 Å². The standard InChI is InChI=1S/C32H30FN5O4/c1-34-23-9-10-27(26(33)17-23)37-15-13-36(14-16-37)18-21-5-7-22(8-6-21)20-42-29-4-2-3-24-25(29)19-38(32(24)41)28-11-12-30(39)35-31(28)40/h2-10,17,28H,11-16,18-20H2,(H,35,39,40)/t28-/m0/s1/i28D. The van der Waals surface area contributed by atoms with E-state index in [1.807, 2.05) is 17.0 Å². The molecule has 2 saturated heterocycles. The number of imide groups is 1. The number of fused-ring (bicyclic) bond motifs is 1. The Morgan fingerprint density at radius 2 is 1.79 bits per heavy atom. The lowest BCUT2D eigenvalue weighted by atomic mass is 10.0. The largest absolute Gasteiger partial charge is 0.489 e. The summed E-state index contributed by atoms with van der Waals surface area (Å²) in [5.74, 6) is -1.49. The topological polar surface area (TPSA) is 86.6 Å². The van der Waals surface area contributed by atoms with Crippen LogP contribution in [0.4, 0.5) is 15.8 Å².